The van der Waals surface area contributed by atoms with Crippen molar-refractivity contribution in [3.05, 3.63) is 0 Å². The summed E-state index contributed by atoms with van der Waals surface area (Å²) in [5.41, 5.74) is 0. The number of piperidine rings is 1. The van der Waals surface area contributed by atoms with Gasteiger partial charge in [-0.3, -0.25) is 0 Å². The summed E-state index contributed by atoms with van der Waals surface area (Å²) in [6.45, 7) is 8.39. The third-order valence-electron chi connectivity index (χ3n) is 3.32. The number of nitrogens with zero attached hydrogens (tertiary/aromatic N) is 2. The molecule has 0 aromatic heterocycles. The third kappa shape index (κ3) is 4.41. The van der Waals surface area contributed by atoms with Crippen LogP contribution in [0.1, 0.15) is 46.0 Å². The highest BCUT2D eigenvalue weighted by atomic mass is 79.9. The normalized spacial score (nSPS) is 20.8. The lowest BCUT2D eigenvalue weighted by Gasteiger charge is -2.41. The van der Waals surface area contributed by atoms with Crippen molar-refractivity contribution in [3.63, 3.8) is 0 Å². The molecule has 1 saturated heterocycles. The summed E-state index contributed by atoms with van der Waals surface area (Å²) in [7, 11) is 0. The molecule has 3 heteroatoms. The summed E-state index contributed by atoms with van der Waals surface area (Å²) in [6.07, 6.45) is 6.67. The van der Waals surface area contributed by atoms with E-state index in [1.807, 2.05) is 0 Å². The molecule has 1 aliphatic rings. The fourth-order valence-corrected chi connectivity index (χ4v) is 2.46. The molecule has 0 aromatic rings. The molecule has 0 amide bonds. The first-order valence-electron chi connectivity index (χ1n) is 6.37. The number of alkyl halides is 1. The molecule has 0 spiro atoms. The zero-order valence-electron chi connectivity index (χ0n) is 10.2. The quantitative estimate of drug-likeness (QED) is 0.687. The molecular weight excluding hydrogens is 252 g/mol. The van der Waals surface area contributed by atoms with Crippen LogP contribution >= 0.6 is 15.9 Å². The van der Waals surface area contributed by atoms with E-state index in [1.54, 1.807) is 0 Å². The van der Waals surface area contributed by atoms with Crippen molar-refractivity contribution in [2.24, 2.45) is 0 Å². The summed E-state index contributed by atoms with van der Waals surface area (Å²) in [4.78, 5) is 0. The zero-order chi connectivity index (χ0) is 11.1. The van der Waals surface area contributed by atoms with Gasteiger partial charge in [-0.2, -0.15) is 0 Å². The topological polar surface area (TPSA) is 6.48 Å². The van der Waals surface area contributed by atoms with Gasteiger partial charge < -0.3 is 0 Å². The first kappa shape index (κ1) is 13.5. The largest absolute Gasteiger partial charge is 0.242 e. The lowest BCUT2D eigenvalue weighted by molar-refractivity contribution is -0.0684. The Morgan fingerprint density at radius 2 is 1.93 bits per heavy atom. The molecule has 1 aliphatic heterocycles. The first-order valence-corrected chi connectivity index (χ1v) is 7.49. The van der Waals surface area contributed by atoms with Crippen molar-refractivity contribution >= 4 is 15.9 Å². The molecule has 1 rings (SSSR count). The summed E-state index contributed by atoms with van der Waals surface area (Å²) in [6, 6.07) is 0.696. The molecule has 0 radical (unpaired) electrons. The SMILES string of the molecule is CCC(C)N(CCCBr)N1CCCCC1. The fourth-order valence-electron chi connectivity index (χ4n) is 2.21. The Balaban J connectivity index is 2.45. The van der Waals surface area contributed by atoms with Crippen LogP contribution in [0.2, 0.25) is 0 Å². The molecule has 1 atom stereocenters. The van der Waals surface area contributed by atoms with Gasteiger partial charge in [0, 0.05) is 31.0 Å². The Labute approximate surface area is 103 Å². The van der Waals surface area contributed by atoms with Crippen molar-refractivity contribution in [2.75, 3.05) is 25.0 Å². The molecule has 0 aliphatic carbocycles. The van der Waals surface area contributed by atoms with Gasteiger partial charge in [-0.25, -0.2) is 10.0 Å². The van der Waals surface area contributed by atoms with Crippen molar-refractivity contribution in [3.8, 4) is 0 Å². The van der Waals surface area contributed by atoms with E-state index in [1.165, 1.54) is 51.7 Å². The van der Waals surface area contributed by atoms with Crippen molar-refractivity contribution in [1.82, 2.24) is 10.0 Å². The van der Waals surface area contributed by atoms with Crippen LogP contribution in [0, 0.1) is 0 Å². The highest BCUT2D eigenvalue weighted by molar-refractivity contribution is 9.09. The summed E-state index contributed by atoms with van der Waals surface area (Å²) >= 11 is 3.53. The third-order valence-corrected chi connectivity index (χ3v) is 3.88. The number of hydrazine groups is 1. The average Bonchev–Trinajstić information content (AvgIpc) is 2.30. The molecule has 0 bridgehead atoms. The van der Waals surface area contributed by atoms with Crippen LogP contribution in [-0.4, -0.2) is 41.0 Å². The maximum Gasteiger partial charge on any atom is 0.0215 e. The van der Waals surface area contributed by atoms with E-state index in [0.717, 1.165) is 5.33 Å². The van der Waals surface area contributed by atoms with Gasteiger partial charge >= 0.3 is 0 Å². The van der Waals surface area contributed by atoms with Crippen molar-refractivity contribution < 1.29 is 0 Å². The molecule has 1 unspecified atom stereocenters. The number of rotatable bonds is 6. The number of hydrogen-bond donors (Lipinski definition) is 0. The van der Waals surface area contributed by atoms with E-state index in [4.69, 9.17) is 0 Å². The van der Waals surface area contributed by atoms with Crippen LogP contribution in [0.25, 0.3) is 0 Å². The van der Waals surface area contributed by atoms with Crippen LogP contribution in [0.15, 0.2) is 0 Å². The van der Waals surface area contributed by atoms with Gasteiger partial charge in [0.1, 0.15) is 0 Å². The van der Waals surface area contributed by atoms with Crippen LogP contribution in [0.4, 0.5) is 0 Å². The van der Waals surface area contributed by atoms with Crippen LogP contribution < -0.4 is 0 Å². The lowest BCUT2D eigenvalue weighted by atomic mass is 10.1. The van der Waals surface area contributed by atoms with E-state index >= 15 is 0 Å². The molecule has 0 aromatic carbocycles. The monoisotopic (exact) mass is 276 g/mol. The van der Waals surface area contributed by atoms with Gasteiger partial charge in [-0.15, -0.1) is 0 Å². The Morgan fingerprint density at radius 1 is 1.27 bits per heavy atom. The molecule has 90 valence electrons. The van der Waals surface area contributed by atoms with E-state index < -0.39 is 0 Å². The molecule has 1 fully saturated rings. The predicted molar refractivity (Wildman–Crippen MR) is 70.3 cm³/mol. The second-order valence-corrected chi connectivity index (χ2v) is 5.27. The Morgan fingerprint density at radius 3 is 2.47 bits per heavy atom. The van der Waals surface area contributed by atoms with Crippen LogP contribution in [-0.2, 0) is 0 Å². The van der Waals surface area contributed by atoms with Gasteiger partial charge in [-0.05, 0) is 32.6 Å². The highest BCUT2D eigenvalue weighted by Gasteiger charge is 2.21. The van der Waals surface area contributed by atoms with E-state index in [0.29, 0.717) is 6.04 Å². The number of hydrogen-bond acceptors (Lipinski definition) is 2. The molecule has 0 N–H and O–H groups in total. The van der Waals surface area contributed by atoms with Gasteiger partial charge in [0.15, 0.2) is 0 Å². The molecule has 1 heterocycles. The van der Waals surface area contributed by atoms with Gasteiger partial charge in [0.2, 0.25) is 0 Å². The minimum atomic E-state index is 0.696. The highest BCUT2D eigenvalue weighted by Crippen LogP contribution is 2.16. The first-order chi connectivity index (χ1) is 7.29. The Hall–Kier alpha value is 0.400. The predicted octanol–water partition coefficient (Wildman–Crippen LogP) is 3.27. The molecule has 0 saturated carbocycles. The smallest absolute Gasteiger partial charge is 0.0215 e. The summed E-state index contributed by atoms with van der Waals surface area (Å²) in [5.74, 6) is 0. The maximum absolute atomic E-state index is 3.53. The van der Waals surface area contributed by atoms with E-state index in [2.05, 4.69) is 39.8 Å². The fraction of sp³-hybridized carbons (Fsp3) is 1.00. The number of halogens is 1. The minimum Gasteiger partial charge on any atom is -0.242 e. The van der Waals surface area contributed by atoms with E-state index in [-0.39, 0.29) is 0 Å². The van der Waals surface area contributed by atoms with Gasteiger partial charge in [0.25, 0.3) is 0 Å². The standard InChI is InChI=1S/C12H25BrN2/c1-3-12(2)15(11-7-8-13)14-9-5-4-6-10-14/h12H,3-11H2,1-2H3. The van der Waals surface area contributed by atoms with Gasteiger partial charge in [-0.1, -0.05) is 29.3 Å². The molecule has 15 heavy (non-hydrogen) atoms. The second-order valence-electron chi connectivity index (χ2n) is 4.48. The van der Waals surface area contributed by atoms with Crippen molar-refractivity contribution in [1.29, 1.82) is 0 Å². The Kier molecular flexibility index (Phi) is 6.86. The molecular formula is C12H25BrN2. The summed E-state index contributed by atoms with van der Waals surface area (Å²) < 4.78 is 0. The Bertz CT molecular complexity index is 158. The molecule has 2 nitrogen and oxygen atoms in total. The van der Waals surface area contributed by atoms with Crippen LogP contribution in [0.5, 0.6) is 0 Å². The van der Waals surface area contributed by atoms with E-state index in [9.17, 15) is 0 Å². The lowest BCUT2D eigenvalue weighted by Crippen LogP contribution is -2.50. The van der Waals surface area contributed by atoms with Crippen molar-refractivity contribution in [2.45, 2.75) is 52.0 Å². The average molecular weight is 277 g/mol. The van der Waals surface area contributed by atoms with Gasteiger partial charge in [0.05, 0.1) is 0 Å². The maximum atomic E-state index is 3.53. The second kappa shape index (κ2) is 7.64. The zero-order valence-corrected chi connectivity index (χ0v) is 11.8. The van der Waals surface area contributed by atoms with Crippen LogP contribution in [0.3, 0.4) is 0 Å². The minimum absolute atomic E-state index is 0.696. The summed E-state index contributed by atoms with van der Waals surface area (Å²) in [5, 5.41) is 6.30.